The van der Waals surface area contributed by atoms with E-state index in [1.54, 1.807) is 17.7 Å². The second-order valence-electron chi connectivity index (χ2n) is 7.31. The molecule has 1 aliphatic carbocycles. The molecule has 0 unspecified atom stereocenters. The van der Waals surface area contributed by atoms with Gasteiger partial charge in [-0.15, -0.1) is 11.3 Å². The molecule has 26 heavy (non-hydrogen) atoms. The number of aryl methyl sites for hydroxylation is 2. The molecule has 4 rings (SSSR count). The molecule has 2 fully saturated rings. The van der Waals surface area contributed by atoms with Crippen LogP contribution >= 0.6 is 11.3 Å². The maximum absolute atomic E-state index is 12.6. The summed E-state index contributed by atoms with van der Waals surface area (Å²) in [6, 6.07) is 4.16. The number of likely N-dealkylation sites (tertiary alicyclic amines) is 1. The third-order valence-electron chi connectivity index (χ3n) is 5.21. The van der Waals surface area contributed by atoms with Gasteiger partial charge in [0.05, 0.1) is 36.7 Å². The summed E-state index contributed by atoms with van der Waals surface area (Å²) in [5, 5.41) is 3.21. The number of carbonyl (C=O) groups excluding carboxylic acids is 2. The van der Waals surface area contributed by atoms with Crippen LogP contribution in [0, 0.1) is 6.92 Å². The van der Waals surface area contributed by atoms with Gasteiger partial charge in [-0.3, -0.25) is 9.59 Å². The summed E-state index contributed by atoms with van der Waals surface area (Å²) < 4.78 is 1.96. The highest BCUT2D eigenvalue weighted by molar-refractivity contribution is 7.12. The molecule has 6 nitrogen and oxygen atoms in total. The number of carbonyl (C=O) groups is 2. The van der Waals surface area contributed by atoms with Crippen molar-refractivity contribution in [2.24, 2.45) is 7.05 Å². The van der Waals surface area contributed by atoms with Crippen LogP contribution in [-0.2, 0) is 23.1 Å². The molecular formula is C19H24N4O2S. The zero-order chi connectivity index (χ0) is 18.3. The van der Waals surface area contributed by atoms with Crippen molar-refractivity contribution in [2.45, 2.75) is 57.2 Å². The maximum atomic E-state index is 12.6. The Bertz CT molecular complexity index is 823. The SMILES string of the molecule is Cc1ccc(CC(=O)N[C@@H]2CCC(=O)N(C3CC3)[C@H]2c2cncn2C)s1. The van der Waals surface area contributed by atoms with Crippen molar-refractivity contribution in [1.29, 1.82) is 0 Å². The Hall–Kier alpha value is -2.15. The van der Waals surface area contributed by atoms with E-state index in [1.165, 1.54) is 4.88 Å². The molecule has 1 saturated heterocycles. The first-order valence-corrected chi connectivity index (χ1v) is 9.96. The molecule has 7 heteroatoms. The van der Waals surface area contributed by atoms with E-state index in [1.807, 2.05) is 41.8 Å². The summed E-state index contributed by atoms with van der Waals surface area (Å²) in [6.45, 7) is 2.05. The molecular weight excluding hydrogens is 348 g/mol. The summed E-state index contributed by atoms with van der Waals surface area (Å²) in [6.07, 6.45) is 7.24. The Kier molecular flexibility index (Phi) is 4.56. The molecule has 2 aromatic heterocycles. The number of rotatable bonds is 5. The van der Waals surface area contributed by atoms with E-state index in [2.05, 4.69) is 10.3 Å². The first-order valence-electron chi connectivity index (χ1n) is 9.15. The van der Waals surface area contributed by atoms with Gasteiger partial charge in [-0.25, -0.2) is 4.98 Å². The average Bonchev–Trinajstić information content (AvgIpc) is 3.22. The molecule has 0 bridgehead atoms. The number of nitrogens with one attached hydrogen (secondary N) is 1. The van der Waals surface area contributed by atoms with Gasteiger partial charge in [-0.2, -0.15) is 0 Å². The molecule has 2 aromatic rings. The zero-order valence-corrected chi connectivity index (χ0v) is 16.0. The minimum absolute atomic E-state index is 0.0223. The monoisotopic (exact) mass is 372 g/mol. The smallest absolute Gasteiger partial charge is 0.225 e. The fraction of sp³-hybridized carbons (Fsp3) is 0.526. The van der Waals surface area contributed by atoms with Crippen molar-refractivity contribution in [3.63, 3.8) is 0 Å². The van der Waals surface area contributed by atoms with E-state index in [9.17, 15) is 9.59 Å². The molecule has 1 saturated carbocycles. The Balaban J connectivity index is 1.55. The van der Waals surface area contributed by atoms with Crippen LogP contribution in [0.5, 0.6) is 0 Å². The van der Waals surface area contributed by atoms with Gasteiger partial charge in [0.15, 0.2) is 0 Å². The molecule has 138 valence electrons. The van der Waals surface area contributed by atoms with Crippen LogP contribution in [0.2, 0.25) is 0 Å². The average molecular weight is 372 g/mol. The van der Waals surface area contributed by atoms with Gasteiger partial charge in [-0.05, 0) is 38.3 Å². The van der Waals surface area contributed by atoms with E-state index in [-0.39, 0.29) is 23.9 Å². The summed E-state index contributed by atoms with van der Waals surface area (Å²) in [5.41, 5.74) is 0.988. The van der Waals surface area contributed by atoms with Crippen LogP contribution < -0.4 is 5.32 Å². The van der Waals surface area contributed by atoms with E-state index >= 15 is 0 Å². The molecule has 2 amide bonds. The van der Waals surface area contributed by atoms with Gasteiger partial charge in [0, 0.05) is 29.3 Å². The summed E-state index contributed by atoms with van der Waals surface area (Å²) >= 11 is 1.66. The minimum atomic E-state index is -0.134. The van der Waals surface area contributed by atoms with Gasteiger partial charge in [0.25, 0.3) is 0 Å². The second kappa shape index (κ2) is 6.87. The number of piperidine rings is 1. The Morgan fingerprint density at radius 1 is 1.35 bits per heavy atom. The van der Waals surface area contributed by atoms with E-state index in [0.29, 0.717) is 25.3 Å². The molecule has 0 aromatic carbocycles. The predicted molar refractivity (Wildman–Crippen MR) is 99.7 cm³/mol. The topological polar surface area (TPSA) is 67.2 Å². The first-order chi connectivity index (χ1) is 12.5. The third kappa shape index (κ3) is 3.40. The molecule has 0 spiro atoms. The largest absolute Gasteiger partial charge is 0.351 e. The fourth-order valence-electron chi connectivity index (χ4n) is 3.85. The van der Waals surface area contributed by atoms with E-state index in [4.69, 9.17) is 0 Å². The number of nitrogens with zero attached hydrogens (tertiary/aromatic N) is 3. The highest BCUT2D eigenvalue weighted by atomic mass is 32.1. The van der Waals surface area contributed by atoms with Crippen LogP contribution in [0.1, 0.15) is 47.2 Å². The first kappa shape index (κ1) is 17.3. The Morgan fingerprint density at radius 3 is 2.77 bits per heavy atom. The van der Waals surface area contributed by atoms with Crippen molar-refractivity contribution in [3.05, 3.63) is 40.1 Å². The van der Waals surface area contributed by atoms with E-state index in [0.717, 1.165) is 23.4 Å². The quantitative estimate of drug-likeness (QED) is 0.876. The second-order valence-corrected chi connectivity index (χ2v) is 8.68. The van der Waals surface area contributed by atoms with Crippen LogP contribution in [0.3, 0.4) is 0 Å². The van der Waals surface area contributed by atoms with Gasteiger partial charge < -0.3 is 14.8 Å². The lowest BCUT2D eigenvalue weighted by atomic mass is 9.92. The van der Waals surface area contributed by atoms with Crippen molar-refractivity contribution in [3.8, 4) is 0 Å². The van der Waals surface area contributed by atoms with Crippen molar-refractivity contribution in [1.82, 2.24) is 19.8 Å². The van der Waals surface area contributed by atoms with Crippen LogP contribution in [0.4, 0.5) is 0 Å². The summed E-state index contributed by atoms with van der Waals surface area (Å²) in [7, 11) is 1.94. The molecule has 1 N–H and O–H groups in total. The normalized spacial score (nSPS) is 23.3. The maximum Gasteiger partial charge on any atom is 0.225 e. The fourth-order valence-corrected chi connectivity index (χ4v) is 4.74. The third-order valence-corrected chi connectivity index (χ3v) is 6.21. The van der Waals surface area contributed by atoms with Crippen LogP contribution in [0.25, 0.3) is 0 Å². The van der Waals surface area contributed by atoms with Gasteiger partial charge in [0.2, 0.25) is 11.8 Å². The number of imidazole rings is 1. The number of aromatic nitrogens is 2. The number of hydrogen-bond donors (Lipinski definition) is 1. The lowest BCUT2D eigenvalue weighted by Crippen LogP contribution is -2.53. The number of hydrogen-bond acceptors (Lipinski definition) is 4. The number of amides is 2. The van der Waals surface area contributed by atoms with E-state index < -0.39 is 0 Å². The molecule has 2 atom stereocenters. The minimum Gasteiger partial charge on any atom is -0.351 e. The lowest BCUT2D eigenvalue weighted by molar-refractivity contribution is -0.140. The van der Waals surface area contributed by atoms with Crippen LogP contribution in [0.15, 0.2) is 24.7 Å². The van der Waals surface area contributed by atoms with Crippen molar-refractivity contribution in [2.75, 3.05) is 0 Å². The molecule has 0 radical (unpaired) electrons. The summed E-state index contributed by atoms with van der Waals surface area (Å²) in [5.74, 6) is 0.215. The zero-order valence-electron chi connectivity index (χ0n) is 15.1. The highest BCUT2D eigenvalue weighted by Crippen LogP contribution is 2.40. The Morgan fingerprint density at radius 2 is 2.15 bits per heavy atom. The van der Waals surface area contributed by atoms with Crippen molar-refractivity contribution < 1.29 is 9.59 Å². The number of thiophene rings is 1. The molecule has 2 aliphatic rings. The Labute approximate surface area is 157 Å². The molecule has 1 aliphatic heterocycles. The van der Waals surface area contributed by atoms with Crippen molar-refractivity contribution >= 4 is 23.2 Å². The standard InChI is InChI=1S/C19H24N4O2S/c1-12-3-6-14(26-12)9-17(24)21-15-7-8-18(25)23(13-4-5-13)19(15)16-10-20-11-22(16)2/h3,6,10-11,13,15,19H,4-5,7-9H2,1-2H3,(H,21,24)/t15-,19-/m1/s1. The highest BCUT2D eigenvalue weighted by Gasteiger charge is 2.45. The van der Waals surface area contributed by atoms with Gasteiger partial charge >= 0.3 is 0 Å². The molecule has 3 heterocycles. The van der Waals surface area contributed by atoms with Crippen LogP contribution in [-0.4, -0.2) is 38.3 Å². The van der Waals surface area contributed by atoms with Gasteiger partial charge in [0.1, 0.15) is 0 Å². The van der Waals surface area contributed by atoms with Gasteiger partial charge in [-0.1, -0.05) is 0 Å². The summed E-state index contributed by atoms with van der Waals surface area (Å²) in [4.78, 5) is 33.8. The predicted octanol–water partition coefficient (Wildman–Crippen LogP) is 2.34. The lowest BCUT2D eigenvalue weighted by Gasteiger charge is -2.41.